The van der Waals surface area contributed by atoms with Gasteiger partial charge < -0.3 is 14.8 Å². The van der Waals surface area contributed by atoms with Crippen molar-refractivity contribution in [3.05, 3.63) is 83.2 Å². The molecule has 4 aromatic rings. The third kappa shape index (κ3) is 5.80. The zero-order valence-corrected chi connectivity index (χ0v) is 20.8. The number of hydrogen-bond acceptors (Lipinski definition) is 8. The molecule has 0 aliphatic carbocycles. The Hall–Kier alpha value is -4.40. The van der Waals surface area contributed by atoms with E-state index < -0.39 is 0 Å². The number of hydrogen-bond donors (Lipinski definition) is 2. The molecule has 0 aliphatic rings. The van der Waals surface area contributed by atoms with Gasteiger partial charge in [0.2, 0.25) is 0 Å². The number of phenols is 2. The van der Waals surface area contributed by atoms with Gasteiger partial charge in [-0.25, -0.2) is 15.0 Å². The van der Waals surface area contributed by atoms with Crippen molar-refractivity contribution in [2.24, 2.45) is 9.98 Å². The molecule has 0 unspecified atom stereocenters. The standard InChI is InChI=1S/C27H29N7O2/c1-5-25-28-17(2)16-34(25)15-14-24-31-26(29-18(3)20-10-6-8-12-22(20)35)33-27(32-24)30-19(4)21-11-7-9-13-23(21)36/h6-13,16,35-36H,5,14-15H2,1-4H3/b29-18+,30-19+. The van der Waals surface area contributed by atoms with Crippen LogP contribution >= 0.6 is 0 Å². The topological polar surface area (TPSA) is 122 Å². The van der Waals surface area contributed by atoms with E-state index in [9.17, 15) is 10.2 Å². The van der Waals surface area contributed by atoms with Crippen molar-refractivity contribution >= 4 is 23.3 Å². The first kappa shape index (κ1) is 24.7. The summed E-state index contributed by atoms with van der Waals surface area (Å²) < 4.78 is 2.10. The molecular weight excluding hydrogens is 454 g/mol. The molecule has 0 fully saturated rings. The lowest BCUT2D eigenvalue weighted by molar-refractivity contribution is 0.473. The van der Waals surface area contributed by atoms with Gasteiger partial charge in [-0.1, -0.05) is 31.2 Å². The minimum atomic E-state index is 0.129. The molecule has 184 valence electrons. The predicted molar refractivity (Wildman–Crippen MR) is 140 cm³/mol. The van der Waals surface area contributed by atoms with Gasteiger partial charge in [0.1, 0.15) is 23.1 Å². The highest BCUT2D eigenvalue weighted by Gasteiger charge is 2.12. The molecular formula is C27H29N7O2. The lowest BCUT2D eigenvalue weighted by Crippen LogP contribution is -2.08. The molecule has 0 saturated carbocycles. The van der Waals surface area contributed by atoms with Crippen molar-refractivity contribution in [3.8, 4) is 11.5 Å². The lowest BCUT2D eigenvalue weighted by atomic mass is 10.1. The zero-order chi connectivity index (χ0) is 25.7. The highest BCUT2D eigenvalue weighted by atomic mass is 16.3. The quantitative estimate of drug-likeness (QED) is 0.345. The molecule has 0 amide bonds. The molecule has 2 N–H and O–H groups in total. The summed E-state index contributed by atoms with van der Waals surface area (Å²) in [7, 11) is 0. The molecule has 9 heteroatoms. The van der Waals surface area contributed by atoms with Crippen LogP contribution in [0.15, 0.2) is 64.7 Å². The van der Waals surface area contributed by atoms with Gasteiger partial charge in [-0.15, -0.1) is 0 Å². The van der Waals surface area contributed by atoms with Gasteiger partial charge in [-0.05, 0) is 45.0 Å². The zero-order valence-electron chi connectivity index (χ0n) is 20.8. The molecule has 36 heavy (non-hydrogen) atoms. The summed E-state index contributed by atoms with van der Waals surface area (Å²) in [4.78, 5) is 27.2. The van der Waals surface area contributed by atoms with E-state index in [2.05, 4.69) is 41.4 Å². The number of para-hydroxylation sites is 2. The fourth-order valence-corrected chi connectivity index (χ4v) is 3.88. The molecule has 2 aromatic carbocycles. The Morgan fingerprint density at radius 3 is 1.83 bits per heavy atom. The fourth-order valence-electron chi connectivity index (χ4n) is 3.88. The van der Waals surface area contributed by atoms with Crippen LogP contribution in [0.4, 0.5) is 11.9 Å². The van der Waals surface area contributed by atoms with Gasteiger partial charge in [0, 0.05) is 36.7 Å². The summed E-state index contributed by atoms with van der Waals surface area (Å²) in [6, 6.07) is 14.0. The maximum atomic E-state index is 10.2. The van der Waals surface area contributed by atoms with Gasteiger partial charge in [0.15, 0.2) is 0 Å². The molecule has 2 heterocycles. The van der Waals surface area contributed by atoms with Crippen molar-refractivity contribution in [3.63, 3.8) is 0 Å². The molecule has 0 spiro atoms. The highest BCUT2D eigenvalue weighted by molar-refractivity contribution is 6.02. The molecule has 0 bridgehead atoms. The SMILES string of the molecule is CCc1nc(C)cn1CCc1nc(/N=C(\C)c2ccccc2O)nc(/N=C(\C)c2ccccc2O)n1. The van der Waals surface area contributed by atoms with E-state index in [1.54, 1.807) is 50.2 Å². The first-order valence-corrected chi connectivity index (χ1v) is 11.8. The van der Waals surface area contributed by atoms with Crippen LogP contribution in [0.1, 0.15) is 49.2 Å². The highest BCUT2D eigenvalue weighted by Crippen LogP contribution is 2.22. The van der Waals surface area contributed by atoms with Crippen molar-refractivity contribution in [2.45, 2.75) is 47.1 Å². The second kappa shape index (κ2) is 10.9. The maximum Gasteiger partial charge on any atom is 0.254 e. The third-order valence-corrected chi connectivity index (χ3v) is 5.65. The number of nitrogens with zero attached hydrogens (tertiary/aromatic N) is 7. The van der Waals surface area contributed by atoms with E-state index in [0.717, 1.165) is 17.9 Å². The van der Waals surface area contributed by atoms with Crippen molar-refractivity contribution in [1.29, 1.82) is 0 Å². The first-order chi connectivity index (χ1) is 17.3. The van der Waals surface area contributed by atoms with Gasteiger partial charge in [-0.3, -0.25) is 0 Å². The van der Waals surface area contributed by atoms with E-state index in [0.29, 0.717) is 41.3 Å². The van der Waals surface area contributed by atoms with E-state index >= 15 is 0 Å². The van der Waals surface area contributed by atoms with Gasteiger partial charge >= 0.3 is 0 Å². The van der Waals surface area contributed by atoms with E-state index in [-0.39, 0.29) is 23.4 Å². The third-order valence-electron chi connectivity index (χ3n) is 5.65. The smallest absolute Gasteiger partial charge is 0.254 e. The Bertz CT molecular complexity index is 1360. The Balaban J connectivity index is 1.72. The van der Waals surface area contributed by atoms with Crippen molar-refractivity contribution in [2.75, 3.05) is 0 Å². The number of aryl methyl sites for hydroxylation is 4. The van der Waals surface area contributed by atoms with Crippen LogP contribution in [0.2, 0.25) is 0 Å². The summed E-state index contributed by atoms with van der Waals surface area (Å²) >= 11 is 0. The molecule has 0 aliphatic heterocycles. The van der Waals surface area contributed by atoms with Crippen LogP contribution in [-0.2, 0) is 19.4 Å². The molecule has 0 saturated heterocycles. The van der Waals surface area contributed by atoms with Gasteiger partial charge in [0.05, 0.1) is 17.1 Å². The minimum absolute atomic E-state index is 0.129. The van der Waals surface area contributed by atoms with Crippen LogP contribution in [0.25, 0.3) is 0 Å². The van der Waals surface area contributed by atoms with Crippen molar-refractivity contribution < 1.29 is 10.2 Å². The van der Waals surface area contributed by atoms with Crippen molar-refractivity contribution in [1.82, 2.24) is 24.5 Å². The Morgan fingerprint density at radius 2 is 1.33 bits per heavy atom. The van der Waals surface area contributed by atoms with Crippen LogP contribution in [0.3, 0.4) is 0 Å². The first-order valence-electron chi connectivity index (χ1n) is 11.8. The van der Waals surface area contributed by atoms with E-state index in [4.69, 9.17) is 0 Å². The molecule has 0 atom stereocenters. The largest absolute Gasteiger partial charge is 0.507 e. The van der Waals surface area contributed by atoms with Gasteiger partial charge in [0.25, 0.3) is 11.9 Å². The van der Waals surface area contributed by atoms with E-state index in [1.165, 1.54) is 0 Å². The molecule has 2 aromatic heterocycles. The second-order valence-electron chi connectivity index (χ2n) is 8.38. The summed E-state index contributed by atoms with van der Waals surface area (Å²) in [6.45, 7) is 8.27. The number of imidazole rings is 1. The molecule has 9 nitrogen and oxygen atoms in total. The Morgan fingerprint density at radius 1 is 0.806 bits per heavy atom. The van der Waals surface area contributed by atoms with Crippen LogP contribution < -0.4 is 0 Å². The summed E-state index contributed by atoms with van der Waals surface area (Å²) in [5.41, 5.74) is 3.29. The lowest BCUT2D eigenvalue weighted by Gasteiger charge is -2.08. The fraction of sp³-hybridized carbons (Fsp3) is 0.259. The summed E-state index contributed by atoms with van der Waals surface area (Å²) in [5.74, 6) is 2.19. The van der Waals surface area contributed by atoms with Crippen LogP contribution in [0.5, 0.6) is 11.5 Å². The monoisotopic (exact) mass is 483 g/mol. The average molecular weight is 484 g/mol. The number of aromatic hydroxyl groups is 2. The minimum Gasteiger partial charge on any atom is -0.507 e. The summed E-state index contributed by atoms with van der Waals surface area (Å²) in [5, 5.41) is 20.4. The van der Waals surface area contributed by atoms with Gasteiger partial charge in [-0.2, -0.15) is 15.0 Å². The predicted octanol–water partition coefficient (Wildman–Crippen LogP) is 4.87. The molecule has 0 radical (unpaired) electrons. The number of aliphatic imine (C=N–C) groups is 2. The molecule has 4 rings (SSSR count). The average Bonchev–Trinajstić information content (AvgIpc) is 3.22. The normalized spacial score (nSPS) is 12.2. The number of benzene rings is 2. The Kier molecular flexibility index (Phi) is 7.48. The number of phenolic OH excluding ortho intramolecular Hbond substituents is 2. The van der Waals surface area contributed by atoms with Crippen LogP contribution in [0, 0.1) is 6.92 Å². The maximum absolute atomic E-state index is 10.2. The summed E-state index contributed by atoms with van der Waals surface area (Å²) in [6.07, 6.45) is 3.38. The number of aromatic nitrogens is 5. The van der Waals surface area contributed by atoms with Crippen LogP contribution in [-0.4, -0.2) is 46.1 Å². The second-order valence-corrected chi connectivity index (χ2v) is 8.38. The Labute approximate surface area is 210 Å². The van der Waals surface area contributed by atoms with E-state index in [1.807, 2.05) is 25.3 Å². The number of rotatable bonds is 8.